The number of aryl methyl sites for hydroxylation is 2. The molecule has 0 bridgehead atoms. The van der Waals surface area contributed by atoms with Gasteiger partial charge in [-0.25, -0.2) is 4.79 Å². The molecule has 6 nitrogen and oxygen atoms in total. The third-order valence-corrected chi connectivity index (χ3v) is 3.95. The Morgan fingerprint density at radius 2 is 2.09 bits per heavy atom. The molecule has 2 aromatic rings. The molecule has 1 aliphatic rings. The molecule has 6 heteroatoms. The summed E-state index contributed by atoms with van der Waals surface area (Å²) < 4.78 is 1.87. The molecule has 1 aliphatic heterocycles. The summed E-state index contributed by atoms with van der Waals surface area (Å²) in [4.78, 5) is 23.6. The van der Waals surface area contributed by atoms with Gasteiger partial charge in [0.05, 0.1) is 23.0 Å². The van der Waals surface area contributed by atoms with Gasteiger partial charge in [0.1, 0.15) is 0 Å². The molecule has 0 saturated carbocycles. The van der Waals surface area contributed by atoms with Crippen molar-refractivity contribution in [3.05, 3.63) is 46.8 Å². The molecule has 0 spiro atoms. The highest BCUT2D eigenvalue weighted by atomic mass is 16.4. The van der Waals surface area contributed by atoms with E-state index in [1.54, 1.807) is 25.3 Å². The normalized spacial score (nSPS) is 13.5. The van der Waals surface area contributed by atoms with E-state index in [2.05, 4.69) is 10.4 Å². The average molecular weight is 299 g/mol. The van der Waals surface area contributed by atoms with Crippen LogP contribution in [0, 0.1) is 6.92 Å². The van der Waals surface area contributed by atoms with Crippen molar-refractivity contribution in [3.8, 4) is 0 Å². The molecule has 22 heavy (non-hydrogen) atoms. The highest BCUT2D eigenvalue weighted by Crippen LogP contribution is 2.20. The Kier molecular flexibility index (Phi) is 3.66. The molecule has 0 atom stereocenters. The smallest absolute Gasteiger partial charge is 0.336 e. The van der Waals surface area contributed by atoms with Crippen molar-refractivity contribution in [3.63, 3.8) is 0 Å². The Labute approximate surface area is 127 Å². The summed E-state index contributed by atoms with van der Waals surface area (Å²) in [7, 11) is 0. The van der Waals surface area contributed by atoms with Crippen LogP contribution in [-0.2, 0) is 13.0 Å². The van der Waals surface area contributed by atoms with E-state index in [1.807, 2.05) is 4.68 Å². The second-order valence-corrected chi connectivity index (χ2v) is 5.47. The molecule has 1 aromatic carbocycles. The van der Waals surface area contributed by atoms with Gasteiger partial charge >= 0.3 is 5.97 Å². The number of aromatic carboxylic acids is 1. The van der Waals surface area contributed by atoms with Gasteiger partial charge in [-0.3, -0.25) is 9.48 Å². The van der Waals surface area contributed by atoms with E-state index in [9.17, 15) is 9.59 Å². The first-order chi connectivity index (χ1) is 10.6. The van der Waals surface area contributed by atoms with Crippen LogP contribution in [0.15, 0.2) is 24.4 Å². The summed E-state index contributed by atoms with van der Waals surface area (Å²) in [6, 6.07) is 4.87. The zero-order valence-electron chi connectivity index (χ0n) is 12.3. The van der Waals surface area contributed by atoms with Crippen molar-refractivity contribution in [2.45, 2.75) is 32.7 Å². The molecule has 1 aromatic heterocycles. The zero-order valence-corrected chi connectivity index (χ0v) is 12.3. The second kappa shape index (κ2) is 5.63. The van der Waals surface area contributed by atoms with Crippen LogP contribution in [0.4, 0.5) is 5.69 Å². The third-order valence-electron chi connectivity index (χ3n) is 3.95. The SMILES string of the molecule is Cc1ccc(NC(=O)c2cnn3c2CCCC3)cc1C(=O)O. The van der Waals surface area contributed by atoms with E-state index in [1.165, 1.54) is 6.07 Å². The lowest BCUT2D eigenvalue weighted by molar-refractivity contribution is 0.0695. The van der Waals surface area contributed by atoms with Crippen LogP contribution >= 0.6 is 0 Å². The number of carbonyl (C=O) groups excluding carboxylic acids is 1. The van der Waals surface area contributed by atoms with Gasteiger partial charge in [0.15, 0.2) is 0 Å². The van der Waals surface area contributed by atoms with E-state index < -0.39 is 5.97 Å². The van der Waals surface area contributed by atoms with Gasteiger partial charge in [-0.05, 0) is 43.9 Å². The molecular formula is C16H17N3O3. The molecule has 0 saturated heterocycles. The fourth-order valence-corrected chi connectivity index (χ4v) is 2.74. The van der Waals surface area contributed by atoms with Gasteiger partial charge in [0.2, 0.25) is 0 Å². The molecule has 2 N–H and O–H groups in total. The van der Waals surface area contributed by atoms with Gasteiger partial charge in [-0.15, -0.1) is 0 Å². The summed E-state index contributed by atoms with van der Waals surface area (Å²) in [6.45, 7) is 2.57. The minimum atomic E-state index is -1.00. The Balaban J connectivity index is 1.84. The van der Waals surface area contributed by atoms with Crippen LogP contribution in [0.5, 0.6) is 0 Å². The number of fused-ring (bicyclic) bond motifs is 1. The lowest BCUT2D eigenvalue weighted by Crippen LogP contribution is -2.17. The molecule has 2 heterocycles. The molecule has 0 fully saturated rings. The quantitative estimate of drug-likeness (QED) is 0.912. The maximum absolute atomic E-state index is 12.4. The Bertz CT molecular complexity index is 749. The molecule has 0 radical (unpaired) electrons. The number of benzene rings is 1. The number of hydrogen-bond acceptors (Lipinski definition) is 3. The van der Waals surface area contributed by atoms with Crippen molar-refractivity contribution >= 4 is 17.6 Å². The van der Waals surface area contributed by atoms with E-state index in [-0.39, 0.29) is 11.5 Å². The average Bonchev–Trinajstić information content (AvgIpc) is 2.93. The Hall–Kier alpha value is -2.63. The van der Waals surface area contributed by atoms with Crippen molar-refractivity contribution in [2.75, 3.05) is 5.32 Å². The summed E-state index contributed by atoms with van der Waals surface area (Å²) in [5.41, 5.74) is 2.85. The zero-order chi connectivity index (χ0) is 15.7. The van der Waals surface area contributed by atoms with Crippen LogP contribution in [-0.4, -0.2) is 26.8 Å². The number of rotatable bonds is 3. The number of hydrogen-bond donors (Lipinski definition) is 2. The molecular weight excluding hydrogens is 282 g/mol. The van der Waals surface area contributed by atoms with Gasteiger partial charge in [-0.2, -0.15) is 5.10 Å². The second-order valence-electron chi connectivity index (χ2n) is 5.47. The number of carboxylic acid groups (broad SMARTS) is 1. The van der Waals surface area contributed by atoms with E-state index >= 15 is 0 Å². The monoisotopic (exact) mass is 299 g/mol. The van der Waals surface area contributed by atoms with Gasteiger partial charge in [0, 0.05) is 12.2 Å². The maximum atomic E-state index is 12.4. The predicted octanol–water partition coefficient (Wildman–Crippen LogP) is 2.48. The number of carbonyl (C=O) groups is 2. The largest absolute Gasteiger partial charge is 0.478 e. The van der Waals surface area contributed by atoms with Crippen molar-refractivity contribution in [1.82, 2.24) is 9.78 Å². The molecule has 0 aliphatic carbocycles. The predicted molar refractivity (Wildman–Crippen MR) is 81.3 cm³/mol. The molecule has 0 unspecified atom stereocenters. The lowest BCUT2D eigenvalue weighted by Gasteiger charge is -2.14. The fraction of sp³-hybridized carbons (Fsp3) is 0.312. The van der Waals surface area contributed by atoms with E-state index in [0.717, 1.165) is 31.5 Å². The first-order valence-electron chi connectivity index (χ1n) is 7.26. The van der Waals surface area contributed by atoms with Crippen LogP contribution in [0.3, 0.4) is 0 Å². The van der Waals surface area contributed by atoms with Crippen molar-refractivity contribution in [1.29, 1.82) is 0 Å². The van der Waals surface area contributed by atoms with E-state index in [0.29, 0.717) is 16.8 Å². The maximum Gasteiger partial charge on any atom is 0.336 e. The Morgan fingerprint density at radius 3 is 2.86 bits per heavy atom. The molecule has 114 valence electrons. The number of nitrogens with one attached hydrogen (secondary N) is 1. The van der Waals surface area contributed by atoms with Crippen LogP contribution < -0.4 is 5.32 Å². The van der Waals surface area contributed by atoms with Gasteiger partial charge < -0.3 is 10.4 Å². The minimum absolute atomic E-state index is 0.190. The first-order valence-corrected chi connectivity index (χ1v) is 7.26. The summed E-state index contributed by atoms with van der Waals surface area (Å²) in [5.74, 6) is -1.25. The number of aromatic nitrogens is 2. The first kappa shape index (κ1) is 14.3. The van der Waals surface area contributed by atoms with Crippen LogP contribution in [0.2, 0.25) is 0 Å². The lowest BCUT2D eigenvalue weighted by atomic mass is 10.1. The highest BCUT2D eigenvalue weighted by molar-refractivity contribution is 6.05. The summed E-state index contributed by atoms with van der Waals surface area (Å²) in [5, 5.41) is 16.1. The van der Waals surface area contributed by atoms with E-state index in [4.69, 9.17) is 5.11 Å². The fourth-order valence-electron chi connectivity index (χ4n) is 2.74. The van der Waals surface area contributed by atoms with Crippen molar-refractivity contribution < 1.29 is 14.7 Å². The standard InChI is InChI=1S/C16H17N3O3/c1-10-5-6-11(8-12(10)16(21)22)18-15(20)13-9-17-19-7-3-2-4-14(13)19/h5-6,8-9H,2-4,7H2,1H3,(H,18,20)(H,21,22). The third kappa shape index (κ3) is 2.59. The number of anilines is 1. The summed E-state index contributed by atoms with van der Waals surface area (Å²) in [6.07, 6.45) is 4.56. The molecule has 1 amide bonds. The van der Waals surface area contributed by atoms with Crippen molar-refractivity contribution in [2.24, 2.45) is 0 Å². The number of carboxylic acids is 1. The summed E-state index contributed by atoms with van der Waals surface area (Å²) >= 11 is 0. The van der Waals surface area contributed by atoms with Gasteiger partial charge in [0.25, 0.3) is 5.91 Å². The minimum Gasteiger partial charge on any atom is -0.478 e. The van der Waals surface area contributed by atoms with Gasteiger partial charge in [-0.1, -0.05) is 6.07 Å². The molecule has 3 rings (SSSR count). The topological polar surface area (TPSA) is 84.2 Å². The number of amides is 1. The van der Waals surface area contributed by atoms with Crippen LogP contribution in [0.25, 0.3) is 0 Å². The van der Waals surface area contributed by atoms with Crippen LogP contribution in [0.1, 0.15) is 44.8 Å². The number of nitrogens with zero attached hydrogens (tertiary/aromatic N) is 2. The Morgan fingerprint density at radius 1 is 1.27 bits per heavy atom. The highest BCUT2D eigenvalue weighted by Gasteiger charge is 2.20.